The van der Waals surface area contributed by atoms with Crippen molar-refractivity contribution in [3.05, 3.63) is 22.5 Å². The molecule has 1 aliphatic carbocycles. The standard InChI is InChI=1S/C18H23N3O5/c1-4-26-15(23)14-11(3)19-10(2)13(14)12(22)9-21-16(24)18(20-17(21)25)7-5-6-8-18/h19H,4-9H2,1-3H3,(H,20,25). The summed E-state index contributed by atoms with van der Waals surface area (Å²) in [6.45, 7) is 4.83. The van der Waals surface area contributed by atoms with E-state index in [1.807, 2.05) is 0 Å². The second-order valence-corrected chi connectivity index (χ2v) is 6.88. The third-order valence-corrected chi connectivity index (χ3v) is 5.14. The van der Waals surface area contributed by atoms with Crippen molar-refractivity contribution in [1.82, 2.24) is 15.2 Å². The van der Waals surface area contributed by atoms with Gasteiger partial charge in [0.05, 0.1) is 24.3 Å². The maximum Gasteiger partial charge on any atom is 0.340 e. The number of amides is 3. The number of aromatic nitrogens is 1. The van der Waals surface area contributed by atoms with Gasteiger partial charge in [0, 0.05) is 11.4 Å². The first kappa shape index (κ1) is 18.2. The Balaban J connectivity index is 1.86. The van der Waals surface area contributed by atoms with Gasteiger partial charge in [0.25, 0.3) is 5.91 Å². The monoisotopic (exact) mass is 361 g/mol. The molecule has 8 heteroatoms. The number of aryl methyl sites for hydroxylation is 2. The number of nitrogens with one attached hydrogen (secondary N) is 2. The molecule has 1 saturated heterocycles. The van der Waals surface area contributed by atoms with Crippen LogP contribution in [0.5, 0.6) is 0 Å². The van der Waals surface area contributed by atoms with Crippen LogP contribution in [0.15, 0.2) is 0 Å². The molecule has 3 amide bonds. The van der Waals surface area contributed by atoms with Gasteiger partial charge in [-0.1, -0.05) is 12.8 Å². The number of ether oxygens (including phenoxy) is 1. The topological polar surface area (TPSA) is 109 Å². The van der Waals surface area contributed by atoms with Crippen LogP contribution >= 0.6 is 0 Å². The summed E-state index contributed by atoms with van der Waals surface area (Å²) in [7, 11) is 0. The molecule has 0 radical (unpaired) electrons. The number of carbonyl (C=O) groups is 4. The number of hydrogen-bond acceptors (Lipinski definition) is 5. The molecule has 0 aromatic carbocycles. The van der Waals surface area contributed by atoms with E-state index >= 15 is 0 Å². The van der Waals surface area contributed by atoms with E-state index in [1.165, 1.54) is 0 Å². The Kier molecular flexibility index (Phi) is 4.60. The van der Waals surface area contributed by atoms with Crippen LogP contribution in [0.3, 0.4) is 0 Å². The third-order valence-electron chi connectivity index (χ3n) is 5.14. The number of rotatable bonds is 5. The number of esters is 1. The molecule has 8 nitrogen and oxygen atoms in total. The second kappa shape index (κ2) is 6.59. The van der Waals surface area contributed by atoms with E-state index in [-0.39, 0.29) is 23.6 Å². The normalized spacial score (nSPS) is 18.5. The zero-order valence-electron chi connectivity index (χ0n) is 15.2. The van der Waals surface area contributed by atoms with Crippen LogP contribution in [0.25, 0.3) is 0 Å². The summed E-state index contributed by atoms with van der Waals surface area (Å²) in [5.74, 6) is -1.41. The second-order valence-electron chi connectivity index (χ2n) is 6.88. The zero-order valence-corrected chi connectivity index (χ0v) is 15.2. The lowest BCUT2D eigenvalue weighted by Crippen LogP contribution is -2.44. The molecule has 1 spiro atoms. The Morgan fingerprint density at radius 1 is 1.12 bits per heavy atom. The number of nitrogens with zero attached hydrogens (tertiary/aromatic N) is 1. The molecular formula is C18H23N3O5. The number of Topliss-reactive ketones (excluding diaryl/α,β-unsaturated/α-hetero) is 1. The number of imide groups is 1. The maximum atomic E-state index is 12.9. The summed E-state index contributed by atoms with van der Waals surface area (Å²) in [6, 6.07) is -0.548. The zero-order chi connectivity index (χ0) is 19.1. The lowest BCUT2D eigenvalue weighted by atomic mass is 9.97. The van der Waals surface area contributed by atoms with Crippen molar-refractivity contribution in [2.24, 2.45) is 0 Å². The lowest BCUT2D eigenvalue weighted by Gasteiger charge is -2.19. The van der Waals surface area contributed by atoms with Gasteiger partial charge in [-0.15, -0.1) is 0 Å². The minimum Gasteiger partial charge on any atom is -0.462 e. The highest BCUT2D eigenvalue weighted by molar-refractivity contribution is 6.14. The summed E-state index contributed by atoms with van der Waals surface area (Å²) >= 11 is 0. The largest absolute Gasteiger partial charge is 0.462 e. The number of aromatic amines is 1. The van der Waals surface area contributed by atoms with Crippen LogP contribution in [0.4, 0.5) is 4.79 Å². The molecule has 0 unspecified atom stereocenters. The Morgan fingerprint density at radius 3 is 2.35 bits per heavy atom. The van der Waals surface area contributed by atoms with Crippen LogP contribution < -0.4 is 5.32 Å². The van der Waals surface area contributed by atoms with Gasteiger partial charge in [-0.05, 0) is 33.6 Å². The van der Waals surface area contributed by atoms with Crippen molar-refractivity contribution >= 4 is 23.7 Å². The molecule has 2 fully saturated rings. The molecule has 1 aromatic heterocycles. The van der Waals surface area contributed by atoms with Crippen molar-refractivity contribution in [2.75, 3.05) is 13.2 Å². The predicted molar refractivity (Wildman–Crippen MR) is 92.0 cm³/mol. The van der Waals surface area contributed by atoms with Gasteiger partial charge in [0.15, 0.2) is 5.78 Å². The van der Waals surface area contributed by atoms with Gasteiger partial charge in [-0.2, -0.15) is 0 Å². The smallest absolute Gasteiger partial charge is 0.340 e. The Hall–Kier alpha value is -2.64. The fourth-order valence-electron chi connectivity index (χ4n) is 3.95. The highest BCUT2D eigenvalue weighted by Gasteiger charge is 2.52. The average Bonchev–Trinajstić information content (AvgIpc) is 3.22. The third kappa shape index (κ3) is 2.79. The van der Waals surface area contributed by atoms with E-state index in [2.05, 4.69) is 10.3 Å². The van der Waals surface area contributed by atoms with Gasteiger partial charge in [0.2, 0.25) is 0 Å². The number of carbonyl (C=O) groups excluding carboxylic acids is 4. The Bertz CT molecular complexity index is 789. The van der Waals surface area contributed by atoms with Crippen LogP contribution in [-0.2, 0) is 9.53 Å². The van der Waals surface area contributed by atoms with Crippen LogP contribution in [-0.4, -0.2) is 52.3 Å². The molecule has 2 aliphatic rings. The van der Waals surface area contributed by atoms with Crippen LogP contribution in [0, 0.1) is 13.8 Å². The molecule has 1 saturated carbocycles. The molecule has 0 atom stereocenters. The summed E-state index contributed by atoms with van der Waals surface area (Å²) in [5, 5.41) is 2.75. The Labute approximate surface area is 151 Å². The van der Waals surface area contributed by atoms with Gasteiger partial charge in [0.1, 0.15) is 5.54 Å². The highest BCUT2D eigenvalue weighted by Crippen LogP contribution is 2.35. The van der Waals surface area contributed by atoms with Crippen molar-refractivity contribution < 1.29 is 23.9 Å². The predicted octanol–water partition coefficient (Wildman–Crippen LogP) is 1.86. The molecule has 140 valence electrons. The summed E-state index contributed by atoms with van der Waals surface area (Å²) in [4.78, 5) is 54.0. The van der Waals surface area contributed by atoms with E-state index in [0.717, 1.165) is 17.7 Å². The molecule has 2 N–H and O–H groups in total. The SMILES string of the molecule is CCOC(=O)c1c(C)[nH]c(C)c1C(=O)CN1C(=O)NC2(CCCC2)C1=O. The number of urea groups is 1. The molecule has 26 heavy (non-hydrogen) atoms. The Morgan fingerprint density at radius 2 is 1.73 bits per heavy atom. The van der Waals surface area contributed by atoms with Gasteiger partial charge in [-0.3, -0.25) is 14.5 Å². The molecule has 1 aliphatic heterocycles. The van der Waals surface area contributed by atoms with Crippen LogP contribution in [0.1, 0.15) is 64.7 Å². The van der Waals surface area contributed by atoms with Crippen LogP contribution in [0.2, 0.25) is 0 Å². The molecular weight excluding hydrogens is 338 g/mol. The number of H-pyrrole nitrogens is 1. The van der Waals surface area contributed by atoms with E-state index in [4.69, 9.17) is 4.74 Å². The fourth-order valence-corrected chi connectivity index (χ4v) is 3.95. The lowest BCUT2D eigenvalue weighted by molar-refractivity contribution is -0.130. The quantitative estimate of drug-likeness (QED) is 0.473. The van der Waals surface area contributed by atoms with Crippen molar-refractivity contribution in [3.63, 3.8) is 0 Å². The maximum absolute atomic E-state index is 12.9. The highest BCUT2D eigenvalue weighted by atomic mass is 16.5. The minimum absolute atomic E-state index is 0.164. The van der Waals surface area contributed by atoms with E-state index in [0.29, 0.717) is 24.2 Å². The molecule has 1 aromatic rings. The fraction of sp³-hybridized carbons (Fsp3) is 0.556. The van der Waals surface area contributed by atoms with Gasteiger partial charge < -0.3 is 15.0 Å². The average molecular weight is 361 g/mol. The number of ketones is 1. The van der Waals surface area contributed by atoms with Gasteiger partial charge in [-0.25, -0.2) is 9.59 Å². The van der Waals surface area contributed by atoms with Crippen molar-refractivity contribution in [3.8, 4) is 0 Å². The first-order chi connectivity index (χ1) is 12.3. The first-order valence-corrected chi connectivity index (χ1v) is 8.84. The molecule has 0 bridgehead atoms. The van der Waals surface area contributed by atoms with E-state index < -0.39 is 29.9 Å². The van der Waals surface area contributed by atoms with Gasteiger partial charge >= 0.3 is 12.0 Å². The molecule has 2 heterocycles. The summed E-state index contributed by atoms with van der Waals surface area (Å²) in [6.07, 6.45) is 2.94. The van der Waals surface area contributed by atoms with E-state index in [9.17, 15) is 19.2 Å². The summed E-state index contributed by atoms with van der Waals surface area (Å²) < 4.78 is 5.03. The number of hydrogen-bond donors (Lipinski definition) is 2. The van der Waals surface area contributed by atoms with Crippen molar-refractivity contribution in [1.29, 1.82) is 0 Å². The summed E-state index contributed by atoms with van der Waals surface area (Å²) in [5.41, 5.74) is 0.516. The minimum atomic E-state index is -0.857. The van der Waals surface area contributed by atoms with Crippen molar-refractivity contribution in [2.45, 2.75) is 52.0 Å². The first-order valence-electron chi connectivity index (χ1n) is 8.84. The van der Waals surface area contributed by atoms with E-state index in [1.54, 1.807) is 20.8 Å². The molecule has 3 rings (SSSR count).